The van der Waals surface area contributed by atoms with Crippen molar-refractivity contribution in [2.24, 2.45) is 13.0 Å². The van der Waals surface area contributed by atoms with Crippen molar-refractivity contribution in [1.29, 1.82) is 0 Å². The summed E-state index contributed by atoms with van der Waals surface area (Å²) in [6, 6.07) is 7.58. The molecule has 0 radical (unpaired) electrons. The Kier molecular flexibility index (Phi) is 2.98. The van der Waals surface area contributed by atoms with Crippen LogP contribution in [0.1, 0.15) is 19.3 Å². The van der Waals surface area contributed by atoms with Crippen LogP contribution in [0.3, 0.4) is 0 Å². The topological polar surface area (TPSA) is 72.7 Å². The summed E-state index contributed by atoms with van der Waals surface area (Å²) in [5.74, 6) is 0.972. The van der Waals surface area contributed by atoms with Crippen molar-refractivity contribution >= 4 is 11.6 Å². The molecular weight excluding hydrogens is 242 g/mol. The van der Waals surface area contributed by atoms with Crippen LogP contribution in [-0.4, -0.2) is 26.1 Å². The number of nitrogens with one attached hydrogen (secondary N) is 1. The van der Waals surface area contributed by atoms with Crippen LogP contribution in [0.25, 0.3) is 11.4 Å². The van der Waals surface area contributed by atoms with Gasteiger partial charge in [-0.3, -0.25) is 4.79 Å². The highest BCUT2D eigenvalue weighted by molar-refractivity contribution is 5.93. The lowest BCUT2D eigenvalue weighted by molar-refractivity contribution is -0.122. The quantitative estimate of drug-likeness (QED) is 0.906. The molecule has 19 heavy (non-hydrogen) atoms. The first-order valence-corrected chi connectivity index (χ1v) is 6.38. The van der Waals surface area contributed by atoms with Crippen LogP contribution in [0.4, 0.5) is 5.69 Å². The molecule has 6 nitrogen and oxygen atoms in total. The van der Waals surface area contributed by atoms with Crippen LogP contribution < -0.4 is 5.32 Å². The molecule has 0 unspecified atom stereocenters. The van der Waals surface area contributed by atoms with E-state index in [1.165, 1.54) is 0 Å². The average Bonchev–Trinajstić information content (AvgIpc) is 2.73. The number of aromatic nitrogens is 4. The van der Waals surface area contributed by atoms with Crippen molar-refractivity contribution in [3.05, 3.63) is 24.3 Å². The number of benzene rings is 1. The molecular formula is C13H15N5O. The van der Waals surface area contributed by atoms with Crippen LogP contribution in [0, 0.1) is 5.92 Å². The van der Waals surface area contributed by atoms with Crippen molar-refractivity contribution in [2.45, 2.75) is 19.3 Å². The minimum absolute atomic E-state index is 0.111. The molecule has 3 rings (SSSR count). The van der Waals surface area contributed by atoms with E-state index in [1.54, 1.807) is 11.7 Å². The molecule has 98 valence electrons. The fraction of sp³-hybridized carbons (Fsp3) is 0.385. The van der Waals surface area contributed by atoms with Crippen molar-refractivity contribution in [3.8, 4) is 11.4 Å². The summed E-state index contributed by atoms with van der Waals surface area (Å²) in [7, 11) is 1.79. The zero-order valence-corrected chi connectivity index (χ0v) is 10.7. The zero-order valence-electron chi connectivity index (χ0n) is 10.7. The van der Waals surface area contributed by atoms with Gasteiger partial charge in [0.1, 0.15) is 0 Å². The van der Waals surface area contributed by atoms with Crippen molar-refractivity contribution in [3.63, 3.8) is 0 Å². The van der Waals surface area contributed by atoms with E-state index in [2.05, 4.69) is 20.8 Å². The van der Waals surface area contributed by atoms with Crippen LogP contribution in [-0.2, 0) is 11.8 Å². The Morgan fingerprint density at radius 2 is 2.26 bits per heavy atom. The summed E-state index contributed by atoms with van der Waals surface area (Å²) >= 11 is 0. The molecule has 1 aliphatic carbocycles. The molecule has 0 atom stereocenters. The van der Waals surface area contributed by atoms with Gasteiger partial charge >= 0.3 is 0 Å². The van der Waals surface area contributed by atoms with Gasteiger partial charge < -0.3 is 5.32 Å². The summed E-state index contributed by atoms with van der Waals surface area (Å²) in [5.41, 5.74) is 1.68. The number of hydrogen-bond donors (Lipinski definition) is 1. The molecule has 1 amide bonds. The molecule has 6 heteroatoms. The van der Waals surface area contributed by atoms with E-state index in [0.717, 1.165) is 30.5 Å². The number of nitrogens with zero attached hydrogens (tertiary/aromatic N) is 4. The number of rotatable bonds is 3. The van der Waals surface area contributed by atoms with Crippen molar-refractivity contribution < 1.29 is 4.79 Å². The lowest BCUT2D eigenvalue weighted by atomic mass is 9.85. The second-order valence-electron chi connectivity index (χ2n) is 4.82. The average molecular weight is 257 g/mol. The molecule has 0 saturated heterocycles. The molecule has 1 N–H and O–H groups in total. The van der Waals surface area contributed by atoms with Crippen molar-refractivity contribution in [1.82, 2.24) is 20.2 Å². The summed E-state index contributed by atoms with van der Waals surface area (Å²) in [6.07, 6.45) is 3.15. The number of carbonyl (C=O) groups excluding carboxylic acids is 1. The van der Waals surface area contributed by atoms with E-state index >= 15 is 0 Å². The third-order valence-electron chi connectivity index (χ3n) is 3.48. The summed E-state index contributed by atoms with van der Waals surface area (Å²) < 4.78 is 1.60. The number of amides is 1. The van der Waals surface area contributed by atoms with Gasteiger partial charge in [0.05, 0.1) is 0 Å². The molecule has 0 bridgehead atoms. The first-order valence-electron chi connectivity index (χ1n) is 6.38. The van der Waals surface area contributed by atoms with Gasteiger partial charge in [0.2, 0.25) is 5.91 Å². The predicted molar refractivity (Wildman–Crippen MR) is 70.2 cm³/mol. The van der Waals surface area contributed by atoms with Crippen LogP contribution in [0.15, 0.2) is 24.3 Å². The molecule has 1 aromatic heterocycles. The first kappa shape index (κ1) is 11.8. The van der Waals surface area contributed by atoms with E-state index in [4.69, 9.17) is 0 Å². The predicted octanol–water partition coefficient (Wildman–Crippen LogP) is 1.62. The number of hydrogen-bond acceptors (Lipinski definition) is 4. The van der Waals surface area contributed by atoms with Crippen molar-refractivity contribution in [2.75, 3.05) is 5.32 Å². The smallest absolute Gasteiger partial charge is 0.227 e. The summed E-state index contributed by atoms with van der Waals surface area (Å²) in [6.45, 7) is 0. The summed E-state index contributed by atoms with van der Waals surface area (Å²) in [4.78, 5) is 11.9. The molecule has 0 spiro atoms. The van der Waals surface area contributed by atoms with Gasteiger partial charge in [0.15, 0.2) is 5.82 Å². The molecule has 1 saturated carbocycles. The van der Waals surface area contributed by atoms with Gasteiger partial charge in [0, 0.05) is 24.2 Å². The Labute approximate surface area is 110 Å². The second-order valence-corrected chi connectivity index (χ2v) is 4.82. The first-order chi connectivity index (χ1) is 9.24. The maximum Gasteiger partial charge on any atom is 0.227 e. The highest BCUT2D eigenvalue weighted by Crippen LogP contribution is 2.28. The molecule has 0 aliphatic heterocycles. The fourth-order valence-corrected chi connectivity index (χ4v) is 2.12. The Hall–Kier alpha value is -2.24. The van der Waals surface area contributed by atoms with E-state index < -0.39 is 0 Å². The van der Waals surface area contributed by atoms with Gasteiger partial charge in [0.25, 0.3) is 0 Å². The standard InChI is InChI=1S/C13H15N5O/c1-18-12(15-16-17-18)10-6-3-7-11(8-10)14-13(19)9-4-2-5-9/h3,6-9H,2,4-5H2,1H3,(H,14,19). The van der Waals surface area contributed by atoms with Crippen LogP contribution in [0.5, 0.6) is 0 Å². The second kappa shape index (κ2) is 4.79. The van der Waals surface area contributed by atoms with Gasteiger partial charge in [-0.15, -0.1) is 5.10 Å². The van der Waals surface area contributed by atoms with Gasteiger partial charge in [-0.05, 0) is 35.4 Å². The largest absolute Gasteiger partial charge is 0.326 e. The minimum atomic E-state index is 0.111. The van der Waals surface area contributed by atoms with E-state index in [9.17, 15) is 4.79 Å². The van der Waals surface area contributed by atoms with Gasteiger partial charge in [-0.25, -0.2) is 4.68 Å². The maximum absolute atomic E-state index is 11.9. The normalized spacial score (nSPS) is 15.0. The lowest BCUT2D eigenvalue weighted by Crippen LogP contribution is -2.28. The zero-order chi connectivity index (χ0) is 13.2. The fourth-order valence-electron chi connectivity index (χ4n) is 2.12. The molecule has 1 heterocycles. The Bertz CT molecular complexity index is 603. The third kappa shape index (κ3) is 2.33. The Morgan fingerprint density at radius 1 is 1.42 bits per heavy atom. The lowest BCUT2D eigenvalue weighted by Gasteiger charge is -2.24. The Morgan fingerprint density at radius 3 is 2.89 bits per heavy atom. The monoisotopic (exact) mass is 257 g/mol. The maximum atomic E-state index is 11.9. The van der Waals surface area contributed by atoms with Crippen LogP contribution in [0.2, 0.25) is 0 Å². The highest BCUT2D eigenvalue weighted by Gasteiger charge is 2.25. The SMILES string of the molecule is Cn1nnnc1-c1cccc(NC(=O)C2CCC2)c1. The molecule has 1 aromatic carbocycles. The molecule has 2 aromatic rings. The minimum Gasteiger partial charge on any atom is -0.326 e. The molecule has 1 fully saturated rings. The van der Waals surface area contributed by atoms with E-state index in [0.29, 0.717) is 5.82 Å². The third-order valence-corrected chi connectivity index (χ3v) is 3.48. The number of aryl methyl sites for hydroxylation is 1. The van der Waals surface area contributed by atoms with Gasteiger partial charge in [-0.1, -0.05) is 18.6 Å². The Balaban J connectivity index is 1.80. The number of carbonyl (C=O) groups is 1. The molecule has 1 aliphatic rings. The number of tetrazole rings is 1. The van der Waals surface area contributed by atoms with Crippen LogP contribution >= 0.6 is 0 Å². The highest BCUT2D eigenvalue weighted by atomic mass is 16.1. The summed E-state index contributed by atoms with van der Waals surface area (Å²) in [5, 5.41) is 14.3. The van der Waals surface area contributed by atoms with E-state index in [-0.39, 0.29) is 11.8 Å². The van der Waals surface area contributed by atoms with E-state index in [1.807, 2.05) is 24.3 Å². The van der Waals surface area contributed by atoms with Gasteiger partial charge in [-0.2, -0.15) is 0 Å². The number of anilines is 1.